The molecule has 0 unspecified atom stereocenters. The third-order valence-electron chi connectivity index (χ3n) is 4.02. The van der Waals surface area contributed by atoms with Crippen LogP contribution in [-0.4, -0.2) is 25.9 Å². The van der Waals surface area contributed by atoms with Crippen LogP contribution >= 0.6 is 11.8 Å². The zero-order valence-corrected chi connectivity index (χ0v) is 16.4. The number of nitrogens with zero attached hydrogens (tertiary/aromatic N) is 3. The number of rotatable bonds is 7. The number of nitrogens with one attached hydrogen (secondary N) is 1. The molecule has 0 saturated carbocycles. The van der Waals surface area contributed by atoms with Crippen LogP contribution in [0.4, 0.5) is 11.6 Å². The van der Waals surface area contributed by atoms with Gasteiger partial charge in [0.25, 0.3) is 5.56 Å². The summed E-state index contributed by atoms with van der Waals surface area (Å²) in [5.74, 6) is 0.988. The summed E-state index contributed by atoms with van der Waals surface area (Å²) in [6, 6.07) is 12.9. The van der Waals surface area contributed by atoms with E-state index in [0.29, 0.717) is 29.1 Å². The van der Waals surface area contributed by atoms with Gasteiger partial charge in [0.05, 0.1) is 5.25 Å². The van der Waals surface area contributed by atoms with E-state index in [2.05, 4.69) is 15.5 Å². The second-order valence-electron chi connectivity index (χ2n) is 6.26. The van der Waals surface area contributed by atoms with E-state index >= 15 is 0 Å². The molecule has 0 aliphatic rings. The molecule has 0 aliphatic carbocycles. The molecule has 0 spiro atoms. The molecule has 28 heavy (non-hydrogen) atoms. The average Bonchev–Trinajstić information content (AvgIpc) is 3.06. The largest absolute Gasteiger partial charge is 0.385 e. The van der Waals surface area contributed by atoms with Gasteiger partial charge in [-0.1, -0.05) is 47.3 Å². The number of nitrogen functional groups attached to an aromatic ring is 1. The topological polar surface area (TPSA) is 116 Å². The van der Waals surface area contributed by atoms with Crippen molar-refractivity contribution in [3.63, 3.8) is 0 Å². The summed E-state index contributed by atoms with van der Waals surface area (Å²) in [6.45, 7) is 4.01. The highest BCUT2D eigenvalue weighted by Crippen LogP contribution is 2.24. The van der Waals surface area contributed by atoms with Crippen molar-refractivity contribution in [2.24, 2.45) is 0 Å². The Balaban J connectivity index is 1.74. The van der Waals surface area contributed by atoms with Crippen molar-refractivity contribution in [3.05, 3.63) is 64.1 Å². The monoisotopic (exact) mass is 399 g/mol. The van der Waals surface area contributed by atoms with Crippen LogP contribution in [0.2, 0.25) is 0 Å². The molecule has 1 aromatic carbocycles. The first-order chi connectivity index (χ1) is 13.4. The van der Waals surface area contributed by atoms with Crippen LogP contribution < -0.4 is 16.6 Å². The highest BCUT2D eigenvalue weighted by atomic mass is 32.2. The molecule has 2 heterocycles. The molecular weight excluding hydrogens is 378 g/mol. The minimum Gasteiger partial charge on any atom is -0.385 e. The summed E-state index contributed by atoms with van der Waals surface area (Å²) in [5.41, 5.74) is 6.76. The molecule has 1 amide bonds. The Hall–Kier alpha value is -3.07. The van der Waals surface area contributed by atoms with Crippen molar-refractivity contribution < 1.29 is 9.32 Å². The van der Waals surface area contributed by atoms with Gasteiger partial charge in [-0.15, -0.1) is 0 Å². The molecule has 0 bridgehead atoms. The third kappa shape index (κ3) is 5.01. The van der Waals surface area contributed by atoms with Gasteiger partial charge in [0.2, 0.25) is 5.91 Å². The van der Waals surface area contributed by atoms with Crippen molar-refractivity contribution in [3.8, 4) is 0 Å². The lowest BCUT2D eigenvalue weighted by Gasteiger charge is -2.17. The zero-order valence-electron chi connectivity index (χ0n) is 15.6. The number of thioether (sulfide) groups is 1. The fraction of sp³-hybridized carbons (Fsp3) is 0.263. The highest BCUT2D eigenvalue weighted by molar-refractivity contribution is 8.00. The Morgan fingerprint density at radius 3 is 2.75 bits per heavy atom. The van der Waals surface area contributed by atoms with Gasteiger partial charge in [0.15, 0.2) is 11.0 Å². The third-order valence-corrected chi connectivity index (χ3v) is 5.11. The second kappa shape index (κ2) is 8.75. The van der Waals surface area contributed by atoms with E-state index in [0.717, 1.165) is 12.0 Å². The van der Waals surface area contributed by atoms with Crippen LogP contribution in [-0.2, 0) is 17.8 Å². The first-order valence-corrected chi connectivity index (χ1v) is 9.62. The smallest absolute Gasteiger partial charge is 0.275 e. The molecule has 0 fully saturated rings. The number of hydrogen-bond donors (Lipinski definition) is 2. The van der Waals surface area contributed by atoms with Crippen LogP contribution in [0.3, 0.4) is 0 Å². The molecule has 8 nitrogen and oxygen atoms in total. The number of aryl methyl sites for hydroxylation is 2. The summed E-state index contributed by atoms with van der Waals surface area (Å²) in [7, 11) is 0. The van der Waals surface area contributed by atoms with E-state index in [1.165, 1.54) is 17.8 Å². The van der Waals surface area contributed by atoms with Gasteiger partial charge >= 0.3 is 0 Å². The van der Waals surface area contributed by atoms with E-state index in [1.54, 1.807) is 24.5 Å². The van der Waals surface area contributed by atoms with Gasteiger partial charge in [-0.05, 0) is 25.8 Å². The fourth-order valence-electron chi connectivity index (χ4n) is 2.57. The van der Waals surface area contributed by atoms with E-state index in [9.17, 15) is 9.59 Å². The fourth-order valence-corrected chi connectivity index (χ4v) is 3.52. The standard InChI is InChI=1S/C19H21N5O3S/c1-12-10-16(23-27-12)21-18(26)13(2)28-19-22-17(25)11-15(20)24(19)9-8-14-6-4-3-5-7-14/h3-7,10-11,13H,8-9,20H2,1-2H3,(H,21,23,26)/t13-/m1/s1. The number of anilines is 2. The van der Waals surface area contributed by atoms with Crippen molar-refractivity contribution in [2.75, 3.05) is 11.1 Å². The maximum absolute atomic E-state index is 12.4. The Kier molecular flexibility index (Phi) is 6.15. The van der Waals surface area contributed by atoms with Gasteiger partial charge in [-0.2, -0.15) is 4.98 Å². The van der Waals surface area contributed by atoms with E-state index < -0.39 is 10.8 Å². The van der Waals surface area contributed by atoms with Crippen LogP contribution in [0, 0.1) is 6.92 Å². The predicted molar refractivity (Wildman–Crippen MR) is 108 cm³/mol. The zero-order chi connectivity index (χ0) is 20.1. The summed E-state index contributed by atoms with van der Waals surface area (Å²) in [4.78, 5) is 28.3. The van der Waals surface area contributed by atoms with Crippen molar-refractivity contribution in [1.29, 1.82) is 0 Å². The maximum Gasteiger partial charge on any atom is 0.275 e. The quantitative estimate of drug-likeness (QED) is 0.463. The lowest BCUT2D eigenvalue weighted by atomic mass is 10.1. The van der Waals surface area contributed by atoms with Crippen LogP contribution in [0.1, 0.15) is 18.2 Å². The van der Waals surface area contributed by atoms with E-state index in [1.807, 2.05) is 30.3 Å². The highest BCUT2D eigenvalue weighted by Gasteiger charge is 2.19. The minimum absolute atomic E-state index is 0.274. The van der Waals surface area contributed by atoms with E-state index in [-0.39, 0.29) is 5.91 Å². The summed E-state index contributed by atoms with van der Waals surface area (Å²) in [5, 5.41) is 6.31. The lowest BCUT2D eigenvalue weighted by Crippen LogP contribution is -2.25. The van der Waals surface area contributed by atoms with Gasteiger partial charge in [-0.25, -0.2) is 0 Å². The Labute approximate surface area is 166 Å². The Bertz CT molecular complexity index is 1020. The number of carbonyl (C=O) groups excluding carboxylic acids is 1. The molecule has 0 saturated heterocycles. The minimum atomic E-state index is -0.520. The Morgan fingerprint density at radius 2 is 2.07 bits per heavy atom. The molecular formula is C19H21N5O3S. The number of aromatic nitrogens is 3. The van der Waals surface area contributed by atoms with Gasteiger partial charge in [0.1, 0.15) is 11.6 Å². The number of carbonyl (C=O) groups is 1. The average molecular weight is 399 g/mol. The van der Waals surface area contributed by atoms with Crippen molar-refractivity contribution in [2.45, 2.75) is 37.2 Å². The first kappa shape index (κ1) is 19.7. The van der Waals surface area contributed by atoms with Crippen LogP contribution in [0.25, 0.3) is 0 Å². The molecule has 3 N–H and O–H groups in total. The molecule has 3 aromatic rings. The molecule has 2 aromatic heterocycles. The molecule has 1 atom stereocenters. The van der Waals surface area contributed by atoms with Gasteiger partial charge in [0, 0.05) is 18.7 Å². The molecule has 146 valence electrons. The number of benzene rings is 1. The summed E-state index contributed by atoms with van der Waals surface area (Å²) < 4.78 is 6.70. The molecule has 0 radical (unpaired) electrons. The lowest BCUT2D eigenvalue weighted by molar-refractivity contribution is -0.115. The first-order valence-electron chi connectivity index (χ1n) is 8.74. The summed E-state index contributed by atoms with van der Waals surface area (Å²) >= 11 is 1.17. The van der Waals surface area contributed by atoms with Gasteiger partial charge < -0.3 is 20.1 Å². The van der Waals surface area contributed by atoms with Crippen molar-refractivity contribution in [1.82, 2.24) is 14.7 Å². The predicted octanol–water partition coefficient (Wildman–Crippen LogP) is 2.48. The summed E-state index contributed by atoms with van der Waals surface area (Å²) in [6.07, 6.45) is 0.724. The number of amides is 1. The van der Waals surface area contributed by atoms with E-state index in [4.69, 9.17) is 10.3 Å². The van der Waals surface area contributed by atoms with Crippen LogP contribution in [0.15, 0.2) is 56.9 Å². The maximum atomic E-state index is 12.4. The number of nitrogens with two attached hydrogens (primary N) is 1. The van der Waals surface area contributed by atoms with Crippen LogP contribution in [0.5, 0.6) is 0 Å². The van der Waals surface area contributed by atoms with Crippen molar-refractivity contribution >= 4 is 29.3 Å². The number of hydrogen-bond acceptors (Lipinski definition) is 7. The van der Waals surface area contributed by atoms with Gasteiger partial charge in [-0.3, -0.25) is 9.59 Å². The molecule has 9 heteroatoms. The Morgan fingerprint density at radius 1 is 1.32 bits per heavy atom. The normalized spacial score (nSPS) is 11.9. The molecule has 3 rings (SSSR count). The SMILES string of the molecule is Cc1cc(NC(=O)[C@@H](C)Sc2nc(=O)cc(N)n2CCc2ccccc2)no1. The second-order valence-corrected chi connectivity index (χ2v) is 7.57. The molecule has 0 aliphatic heterocycles.